The molecule has 2 unspecified atom stereocenters. The highest BCUT2D eigenvalue weighted by Gasteiger charge is 2.11. The maximum absolute atomic E-state index is 11.4. The topological polar surface area (TPSA) is 55.8 Å². The van der Waals surface area contributed by atoms with Crippen molar-refractivity contribution in [3.63, 3.8) is 0 Å². The third-order valence-electron chi connectivity index (χ3n) is 3.06. The van der Waals surface area contributed by atoms with Crippen LogP contribution in [0.15, 0.2) is 0 Å². The quantitative estimate of drug-likeness (QED) is 0.377. The van der Waals surface area contributed by atoms with Crippen LogP contribution >= 0.6 is 0 Å². The Balaban J connectivity index is 3.46. The van der Waals surface area contributed by atoms with Crippen molar-refractivity contribution in [1.29, 1.82) is 0 Å². The highest BCUT2D eigenvalue weighted by Crippen LogP contribution is 2.22. The summed E-state index contributed by atoms with van der Waals surface area (Å²) in [4.78, 5) is 21.0. The Morgan fingerprint density at radius 3 is 2.35 bits per heavy atom. The van der Waals surface area contributed by atoms with Gasteiger partial charge in [0.1, 0.15) is 0 Å². The second-order valence-electron chi connectivity index (χ2n) is 7.05. The third-order valence-corrected chi connectivity index (χ3v) is 3.06. The van der Waals surface area contributed by atoms with Gasteiger partial charge in [0.15, 0.2) is 0 Å². The largest absolute Gasteiger partial charge is 0.393 e. The molecule has 0 spiro atoms. The lowest BCUT2D eigenvalue weighted by Crippen LogP contribution is -2.15. The average Bonchev–Trinajstić information content (AvgIpc) is 2.25. The van der Waals surface area contributed by atoms with Crippen molar-refractivity contribution >= 4 is 5.97 Å². The Labute approximate surface area is 123 Å². The van der Waals surface area contributed by atoms with E-state index in [4.69, 9.17) is 9.78 Å². The van der Waals surface area contributed by atoms with E-state index in [2.05, 4.69) is 20.8 Å². The van der Waals surface area contributed by atoms with E-state index in [1.165, 1.54) is 6.42 Å². The van der Waals surface area contributed by atoms with Crippen LogP contribution in [0.4, 0.5) is 0 Å². The van der Waals surface area contributed by atoms with Gasteiger partial charge in [0.05, 0.1) is 12.7 Å². The number of aliphatic hydroxyl groups excluding tert-OH is 1. The molecule has 0 aliphatic heterocycles. The lowest BCUT2D eigenvalue weighted by Gasteiger charge is -2.17. The van der Waals surface area contributed by atoms with Gasteiger partial charge in [-0.25, -0.2) is 4.79 Å². The van der Waals surface area contributed by atoms with Crippen LogP contribution in [0.3, 0.4) is 0 Å². The number of hydrogen-bond acceptors (Lipinski definition) is 4. The first-order valence-corrected chi connectivity index (χ1v) is 7.71. The Bertz CT molecular complexity index is 256. The van der Waals surface area contributed by atoms with Gasteiger partial charge in [-0.05, 0) is 37.5 Å². The van der Waals surface area contributed by atoms with Gasteiger partial charge in [0.25, 0.3) is 0 Å². The van der Waals surface area contributed by atoms with E-state index in [0.29, 0.717) is 24.9 Å². The number of aliphatic hydroxyl groups is 1. The fraction of sp³-hybridized carbons (Fsp3) is 0.938. The minimum atomic E-state index is -0.355. The minimum Gasteiger partial charge on any atom is -0.393 e. The van der Waals surface area contributed by atoms with Crippen molar-refractivity contribution in [1.82, 2.24) is 0 Å². The SMILES string of the molecule is CC(O)CC(C)COOC(=O)CCCCCC(C)(C)C. The van der Waals surface area contributed by atoms with E-state index >= 15 is 0 Å². The molecule has 0 amide bonds. The molecule has 0 rings (SSSR count). The summed E-state index contributed by atoms with van der Waals surface area (Å²) in [5, 5.41) is 9.19. The van der Waals surface area contributed by atoms with Crippen molar-refractivity contribution in [2.45, 2.75) is 79.2 Å². The van der Waals surface area contributed by atoms with Crippen LogP contribution < -0.4 is 0 Å². The van der Waals surface area contributed by atoms with Gasteiger partial charge >= 0.3 is 5.97 Å². The maximum Gasteiger partial charge on any atom is 0.342 e. The van der Waals surface area contributed by atoms with Crippen LogP contribution in [0.5, 0.6) is 0 Å². The van der Waals surface area contributed by atoms with Crippen LogP contribution in [0.25, 0.3) is 0 Å². The van der Waals surface area contributed by atoms with Crippen molar-refractivity contribution in [2.75, 3.05) is 6.61 Å². The van der Waals surface area contributed by atoms with E-state index in [-0.39, 0.29) is 18.0 Å². The van der Waals surface area contributed by atoms with Crippen LogP contribution in [0, 0.1) is 11.3 Å². The number of unbranched alkanes of at least 4 members (excludes halogenated alkanes) is 2. The van der Waals surface area contributed by atoms with Crippen LogP contribution in [0.2, 0.25) is 0 Å². The summed E-state index contributed by atoms with van der Waals surface area (Å²) >= 11 is 0. The van der Waals surface area contributed by atoms with E-state index in [9.17, 15) is 9.90 Å². The Hall–Kier alpha value is -0.610. The third kappa shape index (κ3) is 13.8. The van der Waals surface area contributed by atoms with Gasteiger partial charge in [-0.1, -0.05) is 40.5 Å². The molecule has 1 N–H and O–H groups in total. The molecule has 120 valence electrons. The lowest BCUT2D eigenvalue weighted by molar-refractivity contribution is -0.278. The second-order valence-corrected chi connectivity index (χ2v) is 7.05. The van der Waals surface area contributed by atoms with Crippen LogP contribution in [0.1, 0.15) is 73.1 Å². The average molecular weight is 288 g/mol. The smallest absolute Gasteiger partial charge is 0.342 e. The molecule has 0 bridgehead atoms. The molecule has 0 aromatic heterocycles. The molecule has 0 heterocycles. The van der Waals surface area contributed by atoms with Gasteiger partial charge in [-0.3, -0.25) is 4.89 Å². The van der Waals surface area contributed by atoms with E-state index in [0.717, 1.165) is 19.3 Å². The number of hydrogen-bond donors (Lipinski definition) is 1. The fourth-order valence-corrected chi connectivity index (χ4v) is 2.01. The summed E-state index contributed by atoms with van der Waals surface area (Å²) < 4.78 is 0. The number of carbonyl (C=O) groups is 1. The first kappa shape index (κ1) is 19.4. The number of rotatable bonds is 10. The normalized spacial score (nSPS) is 14.9. The predicted octanol–water partition coefficient (Wildman–Crippen LogP) is 3.86. The molecule has 4 heteroatoms. The molecular weight excluding hydrogens is 256 g/mol. The van der Waals surface area contributed by atoms with Gasteiger partial charge in [-0.2, -0.15) is 4.89 Å². The molecule has 0 aliphatic rings. The molecule has 0 aromatic carbocycles. The molecular formula is C16H32O4. The van der Waals surface area contributed by atoms with Gasteiger partial charge in [0, 0.05) is 6.42 Å². The fourth-order valence-electron chi connectivity index (χ4n) is 2.01. The monoisotopic (exact) mass is 288 g/mol. The summed E-state index contributed by atoms with van der Waals surface area (Å²) in [5.41, 5.74) is 0.365. The second kappa shape index (κ2) is 10.2. The Morgan fingerprint density at radius 1 is 1.15 bits per heavy atom. The summed E-state index contributed by atoms with van der Waals surface area (Å²) in [6.45, 7) is 10.7. The van der Waals surface area contributed by atoms with E-state index < -0.39 is 0 Å². The van der Waals surface area contributed by atoms with Crippen molar-refractivity contribution in [2.24, 2.45) is 11.3 Å². The predicted molar refractivity (Wildman–Crippen MR) is 80.0 cm³/mol. The minimum absolute atomic E-state index is 0.176. The Kier molecular flexibility index (Phi) is 9.86. The van der Waals surface area contributed by atoms with Crippen LogP contribution in [-0.4, -0.2) is 23.8 Å². The zero-order valence-corrected chi connectivity index (χ0v) is 13.8. The zero-order chi connectivity index (χ0) is 15.6. The van der Waals surface area contributed by atoms with Crippen molar-refractivity contribution in [3.8, 4) is 0 Å². The molecule has 0 saturated heterocycles. The molecule has 0 radical (unpaired) electrons. The van der Waals surface area contributed by atoms with Gasteiger partial charge in [0.2, 0.25) is 0 Å². The van der Waals surface area contributed by atoms with Gasteiger partial charge < -0.3 is 5.11 Å². The molecule has 0 aromatic rings. The Morgan fingerprint density at radius 2 is 1.80 bits per heavy atom. The standard InChI is InChI=1S/C16H32O4/c1-13(11-14(2)17)12-19-20-15(18)9-7-6-8-10-16(3,4)5/h13-14,17H,6-12H2,1-5H3. The molecule has 4 nitrogen and oxygen atoms in total. The summed E-state index contributed by atoms with van der Waals surface area (Å²) in [5.74, 6) is -0.125. The zero-order valence-electron chi connectivity index (χ0n) is 13.8. The highest BCUT2D eigenvalue weighted by atomic mass is 17.2. The number of carbonyl (C=O) groups excluding carboxylic acids is 1. The summed E-state index contributed by atoms with van der Waals surface area (Å²) in [7, 11) is 0. The molecule has 0 saturated carbocycles. The first-order chi connectivity index (χ1) is 9.20. The van der Waals surface area contributed by atoms with Crippen molar-refractivity contribution in [3.05, 3.63) is 0 Å². The molecule has 20 heavy (non-hydrogen) atoms. The summed E-state index contributed by atoms with van der Waals surface area (Å²) in [6.07, 6.45) is 4.91. The molecule has 0 fully saturated rings. The van der Waals surface area contributed by atoms with Gasteiger partial charge in [-0.15, -0.1) is 0 Å². The maximum atomic E-state index is 11.4. The van der Waals surface area contributed by atoms with Crippen LogP contribution in [-0.2, 0) is 14.6 Å². The molecule has 2 atom stereocenters. The highest BCUT2D eigenvalue weighted by molar-refractivity contribution is 5.68. The first-order valence-electron chi connectivity index (χ1n) is 7.71. The lowest BCUT2D eigenvalue weighted by atomic mass is 9.89. The molecule has 0 aliphatic carbocycles. The van der Waals surface area contributed by atoms with Crippen molar-refractivity contribution < 1.29 is 19.7 Å². The van der Waals surface area contributed by atoms with E-state index in [1.54, 1.807) is 6.92 Å². The summed E-state index contributed by atoms with van der Waals surface area (Å²) in [6, 6.07) is 0. The van der Waals surface area contributed by atoms with E-state index in [1.807, 2.05) is 6.92 Å².